The van der Waals surface area contributed by atoms with Crippen LogP contribution in [0.4, 0.5) is 15.9 Å². The zero-order valence-electron chi connectivity index (χ0n) is 15.2. The van der Waals surface area contributed by atoms with E-state index in [1.807, 2.05) is 36.4 Å². The lowest BCUT2D eigenvalue weighted by atomic mass is 10.1. The second-order valence-electron chi connectivity index (χ2n) is 6.61. The van der Waals surface area contributed by atoms with Gasteiger partial charge in [-0.1, -0.05) is 18.2 Å². The topological polar surface area (TPSA) is 48.8 Å². The van der Waals surface area contributed by atoms with Crippen molar-refractivity contribution < 1.29 is 14.2 Å². The zero-order chi connectivity index (χ0) is 18.8. The molecule has 0 bridgehead atoms. The van der Waals surface area contributed by atoms with E-state index in [0.717, 1.165) is 54.2 Å². The molecule has 0 saturated carbocycles. The molecule has 27 heavy (non-hydrogen) atoms. The molecule has 0 spiro atoms. The summed E-state index contributed by atoms with van der Waals surface area (Å²) in [6.07, 6.45) is 0. The quantitative estimate of drug-likeness (QED) is 0.767. The van der Waals surface area contributed by atoms with Crippen molar-refractivity contribution in [2.45, 2.75) is 6.61 Å². The number of piperazine rings is 1. The molecule has 5 nitrogen and oxygen atoms in total. The first-order valence-corrected chi connectivity index (χ1v) is 9.02. The van der Waals surface area contributed by atoms with Gasteiger partial charge >= 0.3 is 0 Å². The number of aromatic nitrogens is 1. The number of nitrogens with zero attached hydrogens (tertiary/aromatic N) is 3. The van der Waals surface area contributed by atoms with Gasteiger partial charge < -0.3 is 19.6 Å². The first-order valence-electron chi connectivity index (χ1n) is 9.02. The van der Waals surface area contributed by atoms with Crippen LogP contribution in [0.25, 0.3) is 10.9 Å². The molecule has 1 aliphatic heterocycles. The zero-order valence-corrected chi connectivity index (χ0v) is 15.2. The van der Waals surface area contributed by atoms with Crippen molar-refractivity contribution in [1.29, 1.82) is 0 Å². The third-order valence-corrected chi connectivity index (χ3v) is 5.03. The van der Waals surface area contributed by atoms with E-state index < -0.39 is 0 Å². The summed E-state index contributed by atoms with van der Waals surface area (Å²) in [4.78, 5) is 9.12. The van der Waals surface area contributed by atoms with Gasteiger partial charge in [-0.2, -0.15) is 0 Å². The Morgan fingerprint density at radius 3 is 2.48 bits per heavy atom. The van der Waals surface area contributed by atoms with Crippen LogP contribution in [0.2, 0.25) is 0 Å². The number of halogens is 1. The smallest absolute Gasteiger partial charge is 0.167 e. The van der Waals surface area contributed by atoms with Crippen molar-refractivity contribution in [2.24, 2.45) is 0 Å². The van der Waals surface area contributed by atoms with Crippen molar-refractivity contribution in [3.8, 4) is 5.75 Å². The van der Waals surface area contributed by atoms with Gasteiger partial charge in [0.25, 0.3) is 0 Å². The van der Waals surface area contributed by atoms with Gasteiger partial charge in [-0.25, -0.2) is 9.37 Å². The molecular weight excluding hydrogens is 345 g/mol. The third-order valence-electron chi connectivity index (χ3n) is 5.03. The van der Waals surface area contributed by atoms with Gasteiger partial charge in [0.15, 0.2) is 11.6 Å². The van der Waals surface area contributed by atoms with Gasteiger partial charge in [-0.15, -0.1) is 0 Å². The van der Waals surface area contributed by atoms with Crippen LogP contribution in [-0.2, 0) is 6.61 Å². The number of pyridine rings is 1. The van der Waals surface area contributed by atoms with Crippen LogP contribution in [0.3, 0.4) is 0 Å². The van der Waals surface area contributed by atoms with Gasteiger partial charge in [0.1, 0.15) is 5.82 Å². The Morgan fingerprint density at radius 1 is 1.04 bits per heavy atom. The van der Waals surface area contributed by atoms with Gasteiger partial charge in [-0.3, -0.25) is 0 Å². The highest BCUT2D eigenvalue weighted by Gasteiger charge is 2.21. The fourth-order valence-electron chi connectivity index (χ4n) is 3.57. The molecule has 2 aromatic carbocycles. The molecule has 1 aliphatic rings. The normalized spacial score (nSPS) is 14.6. The van der Waals surface area contributed by atoms with Crippen molar-refractivity contribution >= 4 is 22.4 Å². The molecule has 6 heteroatoms. The number of para-hydroxylation sites is 1. The highest BCUT2D eigenvalue weighted by molar-refractivity contribution is 5.81. The fourth-order valence-corrected chi connectivity index (χ4v) is 3.57. The van der Waals surface area contributed by atoms with E-state index in [1.165, 1.54) is 13.2 Å². The summed E-state index contributed by atoms with van der Waals surface area (Å²) in [5, 5.41) is 10.8. The largest absolute Gasteiger partial charge is 0.494 e. The summed E-state index contributed by atoms with van der Waals surface area (Å²) >= 11 is 0. The predicted molar refractivity (Wildman–Crippen MR) is 105 cm³/mol. The van der Waals surface area contributed by atoms with Gasteiger partial charge in [0.05, 0.1) is 19.2 Å². The lowest BCUT2D eigenvalue weighted by Gasteiger charge is -2.37. The average Bonchev–Trinajstić information content (AvgIpc) is 2.72. The number of methoxy groups -OCH3 is 1. The number of aliphatic hydroxyl groups excluding tert-OH is 1. The Labute approximate surface area is 157 Å². The Hall–Kier alpha value is -2.86. The molecule has 0 amide bonds. The standard InChI is InChI=1S/C21H22FN3O2/c1-27-20-7-6-17(13-18(20)22)24-8-10-25(11-9-24)21-16(14-26)12-15-4-2-3-5-19(15)23-21/h2-7,12-13,26H,8-11,14H2,1H3. The minimum Gasteiger partial charge on any atom is -0.494 e. The molecule has 0 radical (unpaired) electrons. The van der Waals surface area contributed by atoms with E-state index in [2.05, 4.69) is 9.80 Å². The average molecular weight is 367 g/mol. The van der Waals surface area contributed by atoms with E-state index in [9.17, 15) is 9.50 Å². The second kappa shape index (κ2) is 7.40. The summed E-state index contributed by atoms with van der Waals surface area (Å²) in [6.45, 7) is 2.98. The first kappa shape index (κ1) is 17.5. The molecule has 4 rings (SSSR count). The Morgan fingerprint density at radius 2 is 1.78 bits per heavy atom. The molecule has 1 saturated heterocycles. The summed E-state index contributed by atoms with van der Waals surface area (Å²) in [7, 11) is 1.46. The highest BCUT2D eigenvalue weighted by atomic mass is 19.1. The highest BCUT2D eigenvalue weighted by Crippen LogP contribution is 2.27. The molecule has 1 aromatic heterocycles. The number of hydrogen-bond acceptors (Lipinski definition) is 5. The number of aliphatic hydroxyl groups is 1. The number of hydrogen-bond donors (Lipinski definition) is 1. The van der Waals surface area contributed by atoms with Crippen molar-refractivity contribution in [3.05, 3.63) is 59.9 Å². The van der Waals surface area contributed by atoms with Crippen LogP contribution in [-0.4, -0.2) is 43.4 Å². The summed E-state index contributed by atoms with van der Waals surface area (Å²) in [5.41, 5.74) is 2.60. The molecular formula is C21H22FN3O2. The Kier molecular flexibility index (Phi) is 4.81. The predicted octanol–water partition coefficient (Wildman–Crippen LogP) is 3.20. The summed E-state index contributed by atoms with van der Waals surface area (Å²) in [5.74, 6) is 0.735. The lowest BCUT2D eigenvalue weighted by Crippen LogP contribution is -2.47. The van der Waals surface area contributed by atoms with Crippen LogP contribution in [0.1, 0.15) is 5.56 Å². The number of rotatable bonds is 4. The Balaban J connectivity index is 1.54. The third kappa shape index (κ3) is 3.40. The SMILES string of the molecule is COc1ccc(N2CCN(c3nc4ccccc4cc3CO)CC2)cc1F. The summed E-state index contributed by atoms with van der Waals surface area (Å²) in [6, 6.07) is 15.0. The van der Waals surface area contributed by atoms with Crippen LogP contribution in [0.15, 0.2) is 48.5 Å². The van der Waals surface area contributed by atoms with E-state index in [1.54, 1.807) is 6.07 Å². The minimum atomic E-state index is -0.351. The second-order valence-corrected chi connectivity index (χ2v) is 6.61. The number of ether oxygens (including phenoxy) is 1. The molecule has 0 atom stereocenters. The van der Waals surface area contributed by atoms with Crippen LogP contribution in [0.5, 0.6) is 5.75 Å². The summed E-state index contributed by atoms with van der Waals surface area (Å²) < 4.78 is 19.0. The van der Waals surface area contributed by atoms with Gasteiger partial charge in [-0.05, 0) is 24.3 Å². The van der Waals surface area contributed by atoms with Gasteiger partial charge in [0, 0.05) is 48.9 Å². The van der Waals surface area contributed by atoms with Crippen molar-refractivity contribution in [2.75, 3.05) is 43.1 Å². The number of anilines is 2. The van der Waals surface area contributed by atoms with Crippen LogP contribution < -0.4 is 14.5 Å². The van der Waals surface area contributed by atoms with Crippen molar-refractivity contribution in [3.63, 3.8) is 0 Å². The fraction of sp³-hybridized carbons (Fsp3) is 0.286. The minimum absolute atomic E-state index is 0.0446. The van der Waals surface area contributed by atoms with E-state index in [0.29, 0.717) is 0 Å². The van der Waals surface area contributed by atoms with E-state index in [4.69, 9.17) is 9.72 Å². The molecule has 1 fully saturated rings. The van der Waals surface area contributed by atoms with Crippen molar-refractivity contribution in [1.82, 2.24) is 4.98 Å². The maximum atomic E-state index is 14.0. The lowest BCUT2D eigenvalue weighted by molar-refractivity contribution is 0.281. The van der Waals surface area contributed by atoms with Gasteiger partial charge in [0.2, 0.25) is 0 Å². The molecule has 0 unspecified atom stereocenters. The van der Waals surface area contributed by atoms with Crippen LogP contribution >= 0.6 is 0 Å². The number of fused-ring (bicyclic) bond motifs is 1. The molecule has 1 N–H and O–H groups in total. The maximum Gasteiger partial charge on any atom is 0.167 e. The van der Waals surface area contributed by atoms with Crippen LogP contribution in [0, 0.1) is 5.82 Å². The van der Waals surface area contributed by atoms with E-state index >= 15 is 0 Å². The maximum absolute atomic E-state index is 14.0. The molecule has 3 aromatic rings. The molecule has 140 valence electrons. The van der Waals surface area contributed by atoms with E-state index in [-0.39, 0.29) is 18.2 Å². The Bertz CT molecular complexity index is 955. The first-order chi connectivity index (χ1) is 13.2. The molecule has 2 heterocycles. The molecule has 0 aliphatic carbocycles. The number of benzene rings is 2. The monoisotopic (exact) mass is 367 g/mol.